The fraction of sp³-hybridized carbons (Fsp3) is 0.238. The maximum Gasteiger partial charge on any atom is -0.00982 e. The Balaban J connectivity index is 1.99. The van der Waals surface area contributed by atoms with Crippen molar-refractivity contribution in [1.82, 2.24) is 0 Å². The first kappa shape index (κ1) is 13.9. The minimum Gasteiger partial charge on any atom is -0.0622 e. The molecule has 0 fully saturated rings. The van der Waals surface area contributed by atoms with Gasteiger partial charge in [-0.2, -0.15) is 0 Å². The van der Waals surface area contributed by atoms with Gasteiger partial charge in [0, 0.05) is 0 Å². The zero-order valence-corrected chi connectivity index (χ0v) is 12.8. The van der Waals surface area contributed by atoms with Crippen LogP contribution in [-0.2, 0) is 6.42 Å². The summed E-state index contributed by atoms with van der Waals surface area (Å²) in [5.41, 5.74) is 2.90. The largest absolute Gasteiger partial charge is 0.0622 e. The molecule has 0 saturated heterocycles. The lowest BCUT2D eigenvalue weighted by molar-refractivity contribution is 0.496. The van der Waals surface area contributed by atoms with E-state index in [0.29, 0.717) is 11.8 Å². The molecule has 0 N–H and O–H groups in total. The van der Waals surface area contributed by atoms with Crippen LogP contribution in [-0.4, -0.2) is 0 Å². The normalized spacial score (nSPS) is 12.7. The van der Waals surface area contributed by atoms with Gasteiger partial charge in [-0.3, -0.25) is 0 Å². The molecule has 1 unspecified atom stereocenters. The molecule has 3 rings (SSSR count). The molecule has 0 heteroatoms. The van der Waals surface area contributed by atoms with Crippen LogP contribution in [0.2, 0.25) is 0 Å². The maximum absolute atomic E-state index is 2.32. The summed E-state index contributed by atoms with van der Waals surface area (Å²) >= 11 is 0. The van der Waals surface area contributed by atoms with Crippen molar-refractivity contribution in [3.05, 3.63) is 83.9 Å². The van der Waals surface area contributed by atoms with E-state index in [9.17, 15) is 0 Å². The molecule has 0 aromatic heterocycles. The zero-order chi connectivity index (χ0) is 14.7. The van der Waals surface area contributed by atoms with Crippen LogP contribution in [0.3, 0.4) is 0 Å². The van der Waals surface area contributed by atoms with E-state index in [2.05, 4.69) is 86.6 Å². The van der Waals surface area contributed by atoms with E-state index in [4.69, 9.17) is 0 Å². The molecular weight excluding hydrogens is 252 g/mol. The Kier molecular flexibility index (Phi) is 4.06. The Morgan fingerprint density at radius 1 is 0.714 bits per heavy atom. The Morgan fingerprint density at radius 3 is 2.14 bits per heavy atom. The van der Waals surface area contributed by atoms with E-state index >= 15 is 0 Å². The summed E-state index contributed by atoms with van der Waals surface area (Å²) in [6, 6.07) is 26.3. The van der Waals surface area contributed by atoms with Crippen molar-refractivity contribution in [2.45, 2.75) is 26.2 Å². The van der Waals surface area contributed by atoms with Crippen molar-refractivity contribution in [3.8, 4) is 0 Å². The molecule has 0 amide bonds. The fourth-order valence-electron chi connectivity index (χ4n) is 3.15. The summed E-state index contributed by atoms with van der Waals surface area (Å²) in [7, 11) is 0. The van der Waals surface area contributed by atoms with E-state index in [1.165, 1.54) is 21.9 Å². The molecule has 0 nitrogen and oxygen atoms in total. The molecule has 0 heterocycles. The van der Waals surface area contributed by atoms with Gasteiger partial charge in [0.2, 0.25) is 0 Å². The van der Waals surface area contributed by atoms with Crippen molar-refractivity contribution in [3.63, 3.8) is 0 Å². The molecule has 0 radical (unpaired) electrons. The lowest BCUT2D eigenvalue weighted by Crippen LogP contribution is -2.10. The number of hydrogen-bond donors (Lipinski definition) is 0. The second-order valence-corrected chi connectivity index (χ2v) is 6.10. The fourth-order valence-corrected chi connectivity index (χ4v) is 3.15. The van der Waals surface area contributed by atoms with Gasteiger partial charge >= 0.3 is 0 Å². The molecule has 3 aromatic rings. The Hall–Kier alpha value is -2.08. The topological polar surface area (TPSA) is 0 Å². The summed E-state index contributed by atoms with van der Waals surface area (Å²) in [4.78, 5) is 0. The smallest absolute Gasteiger partial charge is 0.00982 e. The molecule has 0 spiro atoms. The van der Waals surface area contributed by atoms with Crippen LogP contribution in [0.15, 0.2) is 72.8 Å². The zero-order valence-electron chi connectivity index (χ0n) is 12.8. The average molecular weight is 274 g/mol. The number of rotatable bonds is 4. The molecule has 106 valence electrons. The average Bonchev–Trinajstić information content (AvgIpc) is 2.53. The first-order valence-corrected chi connectivity index (χ1v) is 7.77. The van der Waals surface area contributed by atoms with Gasteiger partial charge in [-0.25, -0.2) is 0 Å². The predicted molar refractivity (Wildman–Crippen MR) is 91.7 cm³/mol. The molecule has 1 atom stereocenters. The quantitative estimate of drug-likeness (QED) is 0.562. The van der Waals surface area contributed by atoms with Crippen LogP contribution in [0.5, 0.6) is 0 Å². The third kappa shape index (κ3) is 3.00. The highest BCUT2D eigenvalue weighted by Gasteiger charge is 2.17. The van der Waals surface area contributed by atoms with E-state index < -0.39 is 0 Å². The Labute approximate surface area is 127 Å². The highest BCUT2D eigenvalue weighted by atomic mass is 14.2. The molecule has 0 aliphatic rings. The predicted octanol–water partition coefficient (Wildman–Crippen LogP) is 5.82. The van der Waals surface area contributed by atoms with Gasteiger partial charge in [-0.1, -0.05) is 86.6 Å². The number of fused-ring (bicyclic) bond motifs is 1. The van der Waals surface area contributed by atoms with E-state index in [1.807, 2.05) is 0 Å². The molecule has 21 heavy (non-hydrogen) atoms. The van der Waals surface area contributed by atoms with Crippen LogP contribution in [0.1, 0.15) is 30.9 Å². The van der Waals surface area contributed by atoms with Gasteiger partial charge in [-0.05, 0) is 40.2 Å². The van der Waals surface area contributed by atoms with Crippen LogP contribution < -0.4 is 0 Å². The lowest BCUT2D eigenvalue weighted by atomic mass is 9.82. The van der Waals surface area contributed by atoms with E-state index in [0.717, 1.165) is 6.42 Å². The highest BCUT2D eigenvalue weighted by molar-refractivity contribution is 5.85. The second kappa shape index (κ2) is 6.13. The van der Waals surface area contributed by atoms with Gasteiger partial charge in [0.05, 0.1) is 0 Å². The summed E-state index contributed by atoms with van der Waals surface area (Å²) in [5, 5.41) is 2.73. The van der Waals surface area contributed by atoms with Crippen molar-refractivity contribution in [2.24, 2.45) is 5.92 Å². The molecule has 0 aliphatic heterocycles. The minimum absolute atomic E-state index is 0.567. The molecular formula is C21H22. The van der Waals surface area contributed by atoms with Crippen molar-refractivity contribution < 1.29 is 0 Å². The third-order valence-corrected chi connectivity index (χ3v) is 4.35. The maximum atomic E-state index is 2.32. The Morgan fingerprint density at radius 2 is 1.38 bits per heavy atom. The molecule has 3 aromatic carbocycles. The van der Waals surface area contributed by atoms with Gasteiger partial charge in [0.1, 0.15) is 0 Å². The second-order valence-electron chi connectivity index (χ2n) is 6.10. The third-order valence-electron chi connectivity index (χ3n) is 4.35. The summed E-state index contributed by atoms with van der Waals surface area (Å²) in [6.07, 6.45) is 1.10. The van der Waals surface area contributed by atoms with Gasteiger partial charge in [0.15, 0.2) is 0 Å². The van der Waals surface area contributed by atoms with Crippen LogP contribution in [0, 0.1) is 5.92 Å². The monoisotopic (exact) mass is 274 g/mol. The van der Waals surface area contributed by atoms with Gasteiger partial charge < -0.3 is 0 Å². The highest BCUT2D eigenvalue weighted by Crippen LogP contribution is 2.31. The Bertz CT molecular complexity index is 705. The first-order valence-electron chi connectivity index (χ1n) is 7.77. The van der Waals surface area contributed by atoms with Gasteiger partial charge in [0.25, 0.3) is 0 Å². The van der Waals surface area contributed by atoms with Crippen LogP contribution in [0.25, 0.3) is 10.8 Å². The van der Waals surface area contributed by atoms with E-state index in [-0.39, 0.29) is 0 Å². The first-order chi connectivity index (χ1) is 10.3. The SMILES string of the molecule is CC(C)C(Cc1cccc2ccccc12)c1ccccc1. The summed E-state index contributed by atoms with van der Waals surface area (Å²) in [6.45, 7) is 4.64. The summed E-state index contributed by atoms with van der Waals surface area (Å²) < 4.78 is 0. The van der Waals surface area contributed by atoms with Crippen LogP contribution in [0.4, 0.5) is 0 Å². The van der Waals surface area contributed by atoms with Crippen molar-refractivity contribution in [2.75, 3.05) is 0 Å². The van der Waals surface area contributed by atoms with Crippen molar-refractivity contribution >= 4 is 10.8 Å². The summed E-state index contributed by atoms with van der Waals surface area (Å²) in [5.74, 6) is 1.20. The molecule has 0 aliphatic carbocycles. The van der Waals surface area contributed by atoms with Gasteiger partial charge in [-0.15, -0.1) is 0 Å². The standard InChI is InChI=1S/C21H22/c1-16(2)21(18-9-4-3-5-10-18)15-19-13-8-12-17-11-6-7-14-20(17)19/h3-14,16,21H,15H2,1-2H3. The minimum atomic E-state index is 0.567. The number of benzene rings is 3. The lowest BCUT2D eigenvalue weighted by Gasteiger charge is -2.22. The molecule has 0 bridgehead atoms. The van der Waals surface area contributed by atoms with Crippen molar-refractivity contribution in [1.29, 1.82) is 0 Å². The molecule has 0 saturated carbocycles. The number of hydrogen-bond acceptors (Lipinski definition) is 0. The van der Waals surface area contributed by atoms with Crippen LogP contribution >= 0.6 is 0 Å². The van der Waals surface area contributed by atoms with E-state index in [1.54, 1.807) is 0 Å².